The molecule has 1 N–H and O–H groups in total. The average Bonchev–Trinajstić information content (AvgIpc) is 1.81. The summed E-state index contributed by atoms with van der Waals surface area (Å²) in [5.74, 6) is 0. The highest BCUT2D eigenvalue weighted by Gasteiger charge is 2.40. The van der Waals surface area contributed by atoms with Crippen molar-refractivity contribution in [3.8, 4) is 0 Å². The molecule has 0 saturated carbocycles. The molecule has 1 atom stereocenters. The molecular formula is C4H7BrF2O3P+. The normalized spacial score (nSPS) is 13.3. The van der Waals surface area contributed by atoms with Crippen LogP contribution in [0.3, 0.4) is 0 Å². The summed E-state index contributed by atoms with van der Waals surface area (Å²) >= 11 is 2.94. The van der Waals surface area contributed by atoms with Gasteiger partial charge in [0.25, 0.3) is 0 Å². The van der Waals surface area contributed by atoms with Crippen molar-refractivity contribution in [2.24, 2.45) is 0 Å². The standard InChI is InChI=1S/C4H6BrF2O3P/c5-3-1-2-4(6,7)10-11(8)9/h1-3H2/p+1. The van der Waals surface area contributed by atoms with Crippen LogP contribution in [0.1, 0.15) is 12.8 Å². The molecule has 0 heterocycles. The average molecular weight is 252 g/mol. The summed E-state index contributed by atoms with van der Waals surface area (Å²) < 4.78 is 37.8. The third-order valence-corrected chi connectivity index (χ3v) is 1.80. The topological polar surface area (TPSA) is 46.5 Å². The maximum absolute atomic E-state index is 12.3. The maximum atomic E-state index is 12.3. The smallest absolute Gasteiger partial charge is 0.172 e. The lowest BCUT2D eigenvalue weighted by Gasteiger charge is -2.05. The minimum atomic E-state index is -3.49. The minimum absolute atomic E-state index is 0.191. The number of hydrogen-bond acceptors (Lipinski definition) is 2. The minimum Gasteiger partial charge on any atom is -0.172 e. The van der Waals surface area contributed by atoms with Crippen LogP contribution in [0.4, 0.5) is 8.78 Å². The molecule has 0 spiro atoms. The molecule has 0 aromatic rings. The summed E-state index contributed by atoms with van der Waals surface area (Å²) in [6.07, 6.45) is -3.86. The second-order valence-electron chi connectivity index (χ2n) is 1.76. The fraction of sp³-hybridized carbons (Fsp3) is 1.00. The van der Waals surface area contributed by atoms with E-state index in [2.05, 4.69) is 20.5 Å². The Kier molecular flexibility index (Phi) is 5.25. The molecule has 0 aliphatic carbocycles. The second kappa shape index (κ2) is 5.09. The van der Waals surface area contributed by atoms with Crippen LogP contribution < -0.4 is 0 Å². The van der Waals surface area contributed by atoms with Gasteiger partial charge in [-0.05, 0) is 10.9 Å². The van der Waals surface area contributed by atoms with Gasteiger partial charge in [-0.25, -0.2) is 0 Å². The first-order valence-electron chi connectivity index (χ1n) is 2.77. The van der Waals surface area contributed by atoms with E-state index in [9.17, 15) is 13.3 Å². The molecule has 0 aliphatic heterocycles. The molecule has 3 nitrogen and oxygen atoms in total. The van der Waals surface area contributed by atoms with Crippen LogP contribution in [0.25, 0.3) is 0 Å². The quantitative estimate of drug-likeness (QED) is 0.603. The predicted molar refractivity (Wildman–Crippen MR) is 38.9 cm³/mol. The van der Waals surface area contributed by atoms with Gasteiger partial charge in [0.2, 0.25) is 0 Å². The van der Waals surface area contributed by atoms with Crippen LogP contribution in [0.15, 0.2) is 0 Å². The van der Waals surface area contributed by atoms with Gasteiger partial charge in [0, 0.05) is 16.3 Å². The highest BCUT2D eigenvalue weighted by Crippen LogP contribution is 2.32. The van der Waals surface area contributed by atoms with Crippen LogP contribution in [0.2, 0.25) is 0 Å². The molecule has 0 radical (unpaired) electrons. The molecule has 7 heteroatoms. The Morgan fingerprint density at radius 1 is 1.64 bits per heavy atom. The summed E-state index contributed by atoms with van der Waals surface area (Å²) in [5, 5.41) is 0.411. The fourth-order valence-corrected chi connectivity index (χ4v) is 1.03. The highest BCUT2D eigenvalue weighted by atomic mass is 79.9. The Bertz CT molecular complexity index is 143. The summed E-state index contributed by atoms with van der Waals surface area (Å²) in [7, 11) is -3.22. The van der Waals surface area contributed by atoms with E-state index in [1.807, 2.05) is 0 Å². The molecule has 0 aromatic carbocycles. The first-order valence-corrected chi connectivity index (χ1v) is 5.02. The Labute approximate surface area is 71.8 Å². The third-order valence-electron chi connectivity index (χ3n) is 0.813. The molecule has 0 bridgehead atoms. The summed E-state index contributed by atoms with van der Waals surface area (Å²) in [5.41, 5.74) is 0. The largest absolute Gasteiger partial charge is 0.701 e. The van der Waals surface area contributed by atoms with E-state index < -0.39 is 20.8 Å². The Hall–Kier alpha value is 0.360. The molecule has 0 aliphatic rings. The van der Waals surface area contributed by atoms with E-state index in [1.165, 1.54) is 0 Å². The molecule has 0 rings (SSSR count). The SMILES string of the molecule is O=[P+](O)OC(F)(F)CCCBr. The zero-order chi connectivity index (χ0) is 8.91. The number of alkyl halides is 3. The molecule has 0 saturated heterocycles. The van der Waals surface area contributed by atoms with Gasteiger partial charge in [-0.15, -0.1) is 4.89 Å². The van der Waals surface area contributed by atoms with E-state index in [0.29, 0.717) is 5.33 Å². The Morgan fingerprint density at radius 2 is 2.18 bits per heavy atom. The molecule has 66 valence electrons. The van der Waals surface area contributed by atoms with Crippen molar-refractivity contribution in [1.82, 2.24) is 0 Å². The van der Waals surface area contributed by atoms with Crippen LogP contribution in [0.5, 0.6) is 0 Å². The van der Waals surface area contributed by atoms with Gasteiger partial charge in [-0.2, -0.15) is 8.78 Å². The van der Waals surface area contributed by atoms with Gasteiger partial charge < -0.3 is 0 Å². The Morgan fingerprint density at radius 3 is 2.55 bits per heavy atom. The number of hydrogen-bond donors (Lipinski definition) is 1. The zero-order valence-electron chi connectivity index (χ0n) is 5.47. The van der Waals surface area contributed by atoms with E-state index in [4.69, 9.17) is 4.89 Å². The van der Waals surface area contributed by atoms with E-state index in [1.54, 1.807) is 0 Å². The van der Waals surface area contributed by atoms with Crippen molar-refractivity contribution < 1.29 is 22.8 Å². The van der Waals surface area contributed by atoms with E-state index >= 15 is 0 Å². The lowest BCUT2D eigenvalue weighted by molar-refractivity contribution is -0.180. The van der Waals surface area contributed by atoms with Crippen LogP contribution in [0, 0.1) is 0 Å². The Balaban J connectivity index is 3.70. The number of rotatable bonds is 5. The van der Waals surface area contributed by atoms with Crippen molar-refractivity contribution >= 4 is 24.2 Å². The van der Waals surface area contributed by atoms with Crippen LogP contribution in [-0.4, -0.2) is 16.3 Å². The molecular weight excluding hydrogens is 245 g/mol. The molecule has 11 heavy (non-hydrogen) atoms. The van der Waals surface area contributed by atoms with Crippen molar-refractivity contribution in [1.29, 1.82) is 0 Å². The maximum Gasteiger partial charge on any atom is 0.701 e. The summed E-state index contributed by atoms with van der Waals surface area (Å²) in [4.78, 5) is 7.98. The van der Waals surface area contributed by atoms with Crippen molar-refractivity contribution in [2.45, 2.75) is 19.0 Å². The second-order valence-corrected chi connectivity index (χ2v) is 3.21. The van der Waals surface area contributed by atoms with Crippen molar-refractivity contribution in [3.05, 3.63) is 0 Å². The monoisotopic (exact) mass is 251 g/mol. The lowest BCUT2D eigenvalue weighted by Crippen LogP contribution is -2.16. The summed E-state index contributed by atoms with van der Waals surface area (Å²) in [6.45, 7) is 0. The highest BCUT2D eigenvalue weighted by molar-refractivity contribution is 9.09. The van der Waals surface area contributed by atoms with Crippen LogP contribution >= 0.6 is 24.2 Å². The lowest BCUT2D eigenvalue weighted by atomic mass is 10.3. The van der Waals surface area contributed by atoms with E-state index in [-0.39, 0.29) is 6.42 Å². The van der Waals surface area contributed by atoms with Crippen LogP contribution in [-0.2, 0) is 9.09 Å². The molecule has 0 amide bonds. The van der Waals surface area contributed by atoms with Crippen molar-refractivity contribution in [2.75, 3.05) is 5.33 Å². The van der Waals surface area contributed by atoms with Gasteiger partial charge in [-0.3, -0.25) is 0 Å². The van der Waals surface area contributed by atoms with Crippen molar-refractivity contribution in [3.63, 3.8) is 0 Å². The fourth-order valence-electron chi connectivity index (χ4n) is 0.433. The summed E-state index contributed by atoms with van der Waals surface area (Å²) in [6, 6.07) is 0. The van der Waals surface area contributed by atoms with E-state index in [0.717, 1.165) is 0 Å². The number of halogens is 3. The van der Waals surface area contributed by atoms with Gasteiger partial charge in [0.1, 0.15) is 0 Å². The first-order chi connectivity index (χ1) is 4.98. The first kappa shape index (κ1) is 11.4. The van der Waals surface area contributed by atoms with Gasteiger partial charge in [0.05, 0.1) is 0 Å². The predicted octanol–water partition coefficient (Wildman–Crippen LogP) is 2.42. The molecule has 0 aromatic heterocycles. The molecule has 0 fully saturated rings. The molecule has 1 unspecified atom stereocenters. The van der Waals surface area contributed by atoms with Gasteiger partial charge >= 0.3 is 14.4 Å². The third kappa shape index (κ3) is 6.75. The van der Waals surface area contributed by atoms with Gasteiger partial charge in [-0.1, -0.05) is 15.9 Å². The zero-order valence-corrected chi connectivity index (χ0v) is 7.95. The van der Waals surface area contributed by atoms with Gasteiger partial charge in [0.15, 0.2) is 0 Å².